The first-order valence-corrected chi connectivity index (χ1v) is 8.60. The van der Waals surface area contributed by atoms with Gasteiger partial charge < -0.3 is 19.3 Å². The molecule has 4 aliphatic heterocycles. The number of ketones is 1. The second kappa shape index (κ2) is 3.06. The second-order valence-electron chi connectivity index (χ2n) is 8.95. The molecule has 7 aliphatic rings. The van der Waals surface area contributed by atoms with E-state index in [0.29, 0.717) is 31.1 Å². The van der Waals surface area contributed by atoms with E-state index < -0.39 is 22.9 Å². The Hall–Kier alpha value is -0.490. The van der Waals surface area contributed by atoms with Crippen molar-refractivity contribution in [3.8, 4) is 0 Å². The van der Waals surface area contributed by atoms with Gasteiger partial charge in [0.15, 0.2) is 5.78 Å². The summed E-state index contributed by atoms with van der Waals surface area (Å²) in [5.41, 5.74) is -2.52. The van der Waals surface area contributed by atoms with Crippen molar-refractivity contribution in [2.75, 3.05) is 6.61 Å². The lowest BCUT2D eigenvalue weighted by atomic mass is 9.53. The maximum atomic E-state index is 13.2. The van der Waals surface area contributed by atoms with Crippen LogP contribution in [0.2, 0.25) is 0 Å². The summed E-state index contributed by atoms with van der Waals surface area (Å²) in [7, 11) is 0. The van der Waals surface area contributed by atoms with E-state index in [1.807, 2.05) is 0 Å². The van der Waals surface area contributed by atoms with E-state index >= 15 is 0 Å². The van der Waals surface area contributed by atoms with Gasteiger partial charge in [-0.25, -0.2) is 0 Å². The molecule has 3 spiro atoms. The largest absolute Gasteiger partial charge is 0.382 e. The summed E-state index contributed by atoms with van der Waals surface area (Å²) in [6, 6.07) is 0. The van der Waals surface area contributed by atoms with Crippen molar-refractivity contribution in [2.45, 2.75) is 74.6 Å². The van der Waals surface area contributed by atoms with E-state index in [-0.39, 0.29) is 23.6 Å². The first-order valence-electron chi connectivity index (χ1n) is 8.60. The van der Waals surface area contributed by atoms with E-state index in [9.17, 15) is 9.90 Å². The zero-order chi connectivity index (χ0) is 15.2. The minimum Gasteiger partial charge on any atom is -0.382 e. The smallest absolute Gasteiger partial charge is 0.214 e. The highest BCUT2D eigenvalue weighted by Crippen LogP contribution is 2.80. The highest BCUT2D eigenvalue weighted by atomic mass is 16.8. The molecule has 4 saturated heterocycles. The average molecular weight is 306 g/mol. The monoisotopic (exact) mass is 306 g/mol. The lowest BCUT2D eigenvalue weighted by molar-refractivity contribution is -0.397. The zero-order valence-corrected chi connectivity index (χ0v) is 13.1. The lowest BCUT2D eigenvalue weighted by Gasteiger charge is -2.53. The van der Waals surface area contributed by atoms with E-state index in [0.717, 1.165) is 12.8 Å². The molecule has 0 aromatic rings. The van der Waals surface area contributed by atoms with Gasteiger partial charge in [-0.2, -0.15) is 0 Å². The molecule has 0 radical (unpaired) electrons. The number of carbonyl (C=O) groups is 1. The van der Waals surface area contributed by atoms with Crippen LogP contribution in [0.4, 0.5) is 0 Å². The predicted molar refractivity (Wildman–Crippen MR) is 73.9 cm³/mol. The summed E-state index contributed by atoms with van der Waals surface area (Å²) in [5.74, 6) is -0.301. The van der Waals surface area contributed by atoms with Gasteiger partial charge in [0.25, 0.3) is 0 Å². The van der Waals surface area contributed by atoms with Crippen molar-refractivity contribution in [1.29, 1.82) is 0 Å². The maximum Gasteiger partial charge on any atom is 0.214 e. The van der Waals surface area contributed by atoms with Crippen molar-refractivity contribution in [2.24, 2.45) is 17.3 Å². The number of ether oxygens (including phenoxy) is 3. The van der Waals surface area contributed by atoms with Crippen LogP contribution in [-0.4, -0.2) is 46.2 Å². The molecule has 0 aromatic heterocycles. The van der Waals surface area contributed by atoms with Gasteiger partial charge in [0.05, 0.1) is 23.2 Å². The van der Waals surface area contributed by atoms with Gasteiger partial charge in [-0.3, -0.25) is 4.79 Å². The van der Waals surface area contributed by atoms with Crippen LogP contribution in [0.1, 0.15) is 46.0 Å². The van der Waals surface area contributed by atoms with Crippen molar-refractivity contribution < 1.29 is 24.1 Å². The molecule has 8 atom stereocenters. The number of hydrogen-bond acceptors (Lipinski definition) is 5. The van der Waals surface area contributed by atoms with Gasteiger partial charge in [-0.1, -0.05) is 6.92 Å². The van der Waals surface area contributed by atoms with Gasteiger partial charge >= 0.3 is 0 Å². The molecule has 120 valence electrons. The Bertz CT molecular complexity index is 635. The van der Waals surface area contributed by atoms with E-state index in [1.54, 1.807) is 0 Å². The summed E-state index contributed by atoms with van der Waals surface area (Å²) in [4.78, 5) is 13.2. The fourth-order valence-corrected chi connectivity index (χ4v) is 7.33. The summed E-state index contributed by atoms with van der Waals surface area (Å²) in [6.07, 6.45) is 3.44. The summed E-state index contributed by atoms with van der Waals surface area (Å²) >= 11 is 0. The van der Waals surface area contributed by atoms with Crippen LogP contribution in [0.5, 0.6) is 0 Å². The van der Waals surface area contributed by atoms with Gasteiger partial charge in [-0.15, -0.1) is 0 Å². The van der Waals surface area contributed by atoms with Crippen molar-refractivity contribution >= 4 is 5.78 Å². The van der Waals surface area contributed by atoms with Crippen molar-refractivity contribution in [1.82, 2.24) is 0 Å². The Morgan fingerprint density at radius 1 is 1.23 bits per heavy atom. The number of aliphatic hydroxyl groups is 1. The minimum atomic E-state index is -1.18. The average Bonchev–Trinajstić information content (AvgIpc) is 3.10. The van der Waals surface area contributed by atoms with Crippen LogP contribution in [-0.2, 0) is 19.0 Å². The molecule has 7 fully saturated rings. The molecule has 5 nitrogen and oxygen atoms in total. The van der Waals surface area contributed by atoms with E-state index in [4.69, 9.17) is 14.2 Å². The molecule has 5 heteroatoms. The maximum absolute atomic E-state index is 13.2. The van der Waals surface area contributed by atoms with E-state index in [1.165, 1.54) is 0 Å². The molecule has 4 heterocycles. The van der Waals surface area contributed by atoms with Crippen LogP contribution in [0, 0.1) is 17.3 Å². The summed E-state index contributed by atoms with van der Waals surface area (Å²) < 4.78 is 18.8. The van der Waals surface area contributed by atoms with Crippen LogP contribution in [0.25, 0.3) is 0 Å². The van der Waals surface area contributed by atoms with Crippen LogP contribution in [0.15, 0.2) is 0 Å². The van der Waals surface area contributed by atoms with E-state index in [2.05, 4.69) is 13.8 Å². The standard InChI is InChI=1S/C17H22O5/c1-9-3-4-11-13(2)6-14-7-16(9,11)22-17(14,21-13)15(19)5-10(12(14)18)20-8-15/h9-11,19H,3-8H2,1-2H3. The molecule has 1 N–H and O–H groups in total. The van der Waals surface area contributed by atoms with Gasteiger partial charge in [-0.05, 0) is 38.5 Å². The topological polar surface area (TPSA) is 65.0 Å². The molecule has 8 unspecified atom stereocenters. The molecule has 0 aromatic carbocycles. The number of hydrogen-bond donors (Lipinski definition) is 1. The Balaban J connectivity index is 1.66. The van der Waals surface area contributed by atoms with Crippen molar-refractivity contribution in [3.63, 3.8) is 0 Å². The predicted octanol–water partition coefficient (Wildman–Crippen LogP) is 1.17. The third-order valence-electron chi connectivity index (χ3n) is 8.04. The molecular formula is C17H22O5. The van der Waals surface area contributed by atoms with Gasteiger partial charge in [0.2, 0.25) is 5.79 Å². The quantitative estimate of drug-likeness (QED) is 0.728. The Morgan fingerprint density at radius 3 is 2.86 bits per heavy atom. The Kier molecular flexibility index (Phi) is 1.79. The van der Waals surface area contributed by atoms with Crippen molar-refractivity contribution in [3.05, 3.63) is 0 Å². The SMILES string of the molecule is CC1CCC2C3(C)CC45CC12OC4(O3)C1(O)COC(C1)C5=O. The van der Waals surface area contributed by atoms with Crippen LogP contribution in [0.3, 0.4) is 0 Å². The lowest BCUT2D eigenvalue weighted by Crippen LogP contribution is -2.68. The Labute approximate surface area is 129 Å². The number of carbonyl (C=O) groups excluding carboxylic acids is 1. The van der Waals surface area contributed by atoms with Crippen LogP contribution >= 0.6 is 0 Å². The normalized spacial score (nSPS) is 70.3. The molecule has 7 rings (SSSR count). The molecule has 6 bridgehead atoms. The van der Waals surface area contributed by atoms with Crippen LogP contribution < -0.4 is 0 Å². The minimum absolute atomic E-state index is 0.118. The molecule has 3 saturated carbocycles. The molecule has 3 aliphatic carbocycles. The molecular weight excluding hydrogens is 284 g/mol. The second-order valence-corrected chi connectivity index (χ2v) is 8.95. The summed E-state index contributed by atoms with van der Waals surface area (Å²) in [5, 5.41) is 11.3. The molecule has 0 amide bonds. The Morgan fingerprint density at radius 2 is 2.05 bits per heavy atom. The number of fused-ring (bicyclic) bond motifs is 2. The fourth-order valence-electron chi connectivity index (χ4n) is 7.33. The zero-order valence-electron chi connectivity index (χ0n) is 13.1. The first kappa shape index (κ1) is 12.9. The molecule has 22 heavy (non-hydrogen) atoms. The fraction of sp³-hybridized carbons (Fsp3) is 0.941. The highest BCUT2D eigenvalue weighted by molar-refractivity contribution is 5.93. The number of rotatable bonds is 0. The summed E-state index contributed by atoms with van der Waals surface area (Å²) in [6.45, 7) is 4.52. The third-order valence-corrected chi connectivity index (χ3v) is 8.04. The number of Topliss-reactive ketones (excluding diaryl/α,β-unsaturated/α-hetero) is 1. The highest BCUT2D eigenvalue weighted by Gasteiger charge is 2.91. The third kappa shape index (κ3) is 0.914. The first-order chi connectivity index (χ1) is 10.3. The van der Waals surface area contributed by atoms with Gasteiger partial charge in [0.1, 0.15) is 11.7 Å². The van der Waals surface area contributed by atoms with Gasteiger partial charge in [0, 0.05) is 12.3 Å².